The molecule has 2 aromatic carbocycles. The zero-order chi connectivity index (χ0) is 23.3. The summed E-state index contributed by atoms with van der Waals surface area (Å²) in [6, 6.07) is 20.0. The highest BCUT2D eigenvalue weighted by atomic mass is 32.2. The maximum atomic E-state index is 13.5. The Balaban J connectivity index is 1.44. The lowest BCUT2D eigenvalue weighted by molar-refractivity contribution is -0.122. The van der Waals surface area contributed by atoms with Crippen LogP contribution in [0.25, 0.3) is 6.08 Å². The summed E-state index contributed by atoms with van der Waals surface area (Å²) < 4.78 is 5.47. The van der Waals surface area contributed by atoms with Crippen molar-refractivity contribution in [2.45, 2.75) is 13.5 Å². The van der Waals surface area contributed by atoms with Crippen LogP contribution in [0, 0.1) is 6.92 Å². The molecule has 3 aromatic rings. The van der Waals surface area contributed by atoms with Gasteiger partial charge in [-0.1, -0.05) is 30.3 Å². The molecule has 1 amide bonds. The average molecular weight is 471 g/mol. The number of ether oxygens (including phenoxy) is 1. The van der Waals surface area contributed by atoms with Crippen LogP contribution in [0.3, 0.4) is 0 Å². The number of rotatable bonds is 5. The number of hydrogen-bond donors (Lipinski definition) is 0. The third-order valence-corrected chi connectivity index (χ3v) is 6.86. The van der Waals surface area contributed by atoms with E-state index in [0.717, 1.165) is 48.7 Å². The Bertz CT molecular complexity index is 1220. The van der Waals surface area contributed by atoms with E-state index in [9.17, 15) is 4.79 Å². The predicted octanol–water partition coefficient (Wildman–Crippen LogP) is 5.03. The fourth-order valence-corrected chi connectivity index (χ4v) is 4.99. The molecule has 3 heterocycles. The van der Waals surface area contributed by atoms with Gasteiger partial charge in [0.2, 0.25) is 0 Å². The second kappa shape index (κ2) is 10.2. The van der Waals surface area contributed by atoms with Gasteiger partial charge in [-0.05, 0) is 71.8 Å². The fraction of sp³-hybridized carbons (Fsp3) is 0.222. The van der Waals surface area contributed by atoms with Crippen LogP contribution in [0.4, 0.5) is 11.4 Å². The van der Waals surface area contributed by atoms with Crippen molar-refractivity contribution < 1.29 is 9.53 Å². The van der Waals surface area contributed by atoms with Gasteiger partial charge < -0.3 is 9.64 Å². The molecule has 0 bridgehead atoms. The molecule has 7 heteroatoms. The Morgan fingerprint density at radius 3 is 2.65 bits per heavy atom. The van der Waals surface area contributed by atoms with Gasteiger partial charge in [0.25, 0.3) is 5.91 Å². The third kappa shape index (κ3) is 5.05. The van der Waals surface area contributed by atoms with Crippen LogP contribution in [-0.4, -0.2) is 47.3 Å². The lowest BCUT2D eigenvalue weighted by Crippen LogP contribution is -2.36. The monoisotopic (exact) mass is 470 g/mol. The van der Waals surface area contributed by atoms with Crippen molar-refractivity contribution in [3.63, 3.8) is 0 Å². The molecule has 2 aliphatic heterocycles. The number of amides is 1. The van der Waals surface area contributed by atoms with E-state index in [1.807, 2.05) is 48.5 Å². The number of amidine groups is 1. The highest BCUT2D eigenvalue weighted by Gasteiger charge is 2.33. The summed E-state index contributed by atoms with van der Waals surface area (Å²) in [5.41, 5.74) is 5.15. The van der Waals surface area contributed by atoms with Gasteiger partial charge in [-0.15, -0.1) is 0 Å². The number of benzene rings is 2. The molecule has 5 rings (SSSR count). The van der Waals surface area contributed by atoms with E-state index in [1.165, 1.54) is 17.4 Å². The highest BCUT2D eigenvalue weighted by Crippen LogP contribution is 2.36. The minimum atomic E-state index is -0.0415. The summed E-state index contributed by atoms with van der Waals surface area (Å²) in [5.74, 6) is -0.0415. The van der Waals surface area contributed by atoms with E-state index in [4.69, 9.17) is 9.73 Å². The minimum Gasteiger partial charge on any atom is -0.378 e. The first-order chi connectivity index (χ1) is 16.7. The van der Waals surface area contributed by atoms with E-state index in [-0.39, 0.29) is 5.91 Å². The molecular weight excluding hydrogens is 444 g/mol. The lowest BCUT2D eigenvalue weighted by Gasteiger charge is -2.29. The largest absolute Gasteiger partial charge is 0.378 e. The number of aryl methyl sites for hydroxylation is 1. The maximum Gasteiger partial charge on any atom is 0.267 e. The summed E-state index contributed by atoms with van der Waals surface area (Å²) in [6.07, 6.45) is 5.50. The van der Waals surface area contributed by atoms with Gasteiger partial charge in [0, 0.05) is 31.2 Å². The number of aromatic nitrogens is 1. The molecule has 6 nitrogen and oxygen atoms in total. The SMILES string of the molecule is Cc1cc(N2CCOCC2)ccc1C=C1SC(=Nc2ccccc2)N(Cc2cccnc2)C1=O. The van der Waals surface area contributed by atoms with E-state index in [0.29, 0.717) is 16.6 Å². The van der Waals surface area contributed by atoms with Crippen molar-refractivity contribution in [3.05, 3.63) is 94.7 Å². The standard InChI is InChI=1S/C27H26N4O2S/c1-20-16-24(30-12-14-33-15-13-30)10-9-22(20)17-25-26(32)31(19-21-6-5-11-28-18-21)27(34-25)29-23-7-3-2-4-8-23/h2-11,16-18H,12-15,19H2,1H3. The number of carbonyl (C=O) groups is 1. The van der Waals surface area contributed by atoms with Crippen LogP contribution < -0.4 is 4.90 Å². The number of para-hydroxylation sites is 1. The molecular formula is C27H26N4O2S. The van der Waals surface area contributed by atoms with Gasteiger partial charge in [0.1, 0.15) is 0 Å². The van der Waals surface area contributed by atoms with Gasteiger partial charge >= 0.3 is 0 Å². The first kappa shape index (κ1) is 22.4. The average Bonchev–Trinajstić information content (AvgIpc) is 3.16. The molecule has 1 aromatic heterocycles. The van der Waals surface area contributed by atoms with Crippen LogP contribution in [0.1, 0.15) is 16.7 Å². The van der Waals surface area contributed by atoms with Crippen molar-refractivity contribution in [1.29, 1.82) is 0 Å². The number of nitrogens with zero attached hydrogens (tertiary/aromatic N) is 4. The zero-order valence-electron chi connectivity index (χ0n) is 19.1. The van der Waals surface area contributed by atoms with Crippen LogP contribution >= 0.6 is 11.8 Å². The first-order valence-corrected chi connectivity index (χ1v) is 12.2. The van der Waals surface area contributed by atoms with Gasteiger partial charge in [-0.2, -0.15) is 0 Å². The number of thioether (sulfide) groups is 1. The number of hydrogen-bond acceptors (Lipinski definition) is 6. The number of pyridine rings is 1. The molecule has 0 unspecified atom stereocenters. The van der Waals surface area contributed by atoms with Crippen molar-refractivity contribution in [2.24, 2.45) is 4.99 Å². The van der Waals surface area contributed by atoms with Gasteiger partial charge in [-0.25, -0.2) is 4.99 Å². The summed E-state index contributed by atoms with van der Waals surface area (Å²) >= 11 is 1.42. The summed E-state index contributed by atoms with van der Waals surface area (Å²) in [4.78, 5) is 27.2. The fourth-order valence-electron chi connectivity index (χ4n) is 4.00. The topological polar surface area (TPSA) is 58.0 Å². The van der Waals surface area contributed by atoms with Crippen molar-refractivity contribution in [2.75, 3.05) is 31.2 Å². The summed E-state index contributed by atoms with van der Waals surface area (Å²) in [7, 11) is 0. The van der Waals surface area contributed by atoms with Gasteiger partial charge in [-0.3, -0.25) is 14.7 Å². The van der Waals surface area contributed by atoms with Crippen LogP contribution in [0.2, 0.25) is 0 Å². The maximum absolute atomic E-state index is 13.5. The van der Waals surface area contributed by atoms with E-state index in [2.05, 4.69) is 35.0 Å². The molecule has 0 spiro atoms. The summed E-state index contributed by atoms with van der Waals surface area (Å²) in [5, 5.41) is 0.675. The van der Waals surface area contributed by atoms with Crippen molar-refractivity contribution in [1.82, 2.24) is 9.88 Å². The van der Waals surface area contributed by atoms with Gasteiger partial charge in [0.05, 0.1) is 30.4 Å². The Labute approximate surface area is 204 Å². The van der Waals surface area contributed by atoms with Crippen LogP contribution in [0.15, 0.2) is 83.0 Å². The van der Waals surface area contributed by atoms with Gasteiger partial charge in [0.15, 0.2) is 5.17 Å². The van der Waals surface area contributed by atoms with E-state index < -0.39 is 0 Å². The van der Waals surface area contributed by atoms with E-state index >= 15 is 0 Å². The van der Waals surface area contributed by atoms with Crippen LogP contribution in [0.5, 0.6) is 0 Å². The molecule has 2 fully saturated rings. The molecule has 2 saturated heterocycles. The molecule has 0 radical (unpaired) electrons. The summed E-state index contributed by atoms with van der Waals surface area (Å²) in [6.45, 7) is 5.83. The number of carbonyl (C=O) groups excluding carboxylic acids is 1. The third-order valence-electron chi connectivity index (χ3n) is 5.85. The number of anilines is 1. The molecule has 0 N–H and O–H groups in total. The second-order valence-corrected chi connectivity index (χ2v) is 9.24. The Kier molecular flexibility index (Phi) is 6.74. The van der Waals surface area contributed by atoms with Crippen molar-refractivity contribution >= 4 is 40.3 Å². The number of morpholine rings is 1. The molecule has 0 atom stereocenters. The zero-order valence-corrected chi connectivity index (χ0v) is 19.9. The minimum absolute atomic E-state index is 0.0415. The molecule has 172 valence electrons. The normalized spacial score (nSPS) is 18.8. The Hall–Kier alpha value is -3.42. The second-order valence-electron chi connectivity index (χ2n) is 8.23. The molecule has 2 aliphatic rings. The Morgan fingerprint density at radius 1 is 1.09 bits per heavy atom. The number of aliphatic imine (C=N–C) groups is 1. The predicted molar refractivity (Wildman–Crippen MR) is 138 cm³/mol. The molecule has 0 saturated carbocycles. The quantitative estimate of drug-likeness (QED) is 0.490. The van der Waals surface area contributed by atoms with Crippen molar-refractivity contribution in [3.8, 4) is 0 Å². The highest BCUT2D eigenvalue weighted by molar-refractivity contribution is 8.18. The molecule has 0 aliphatic carbocycles. The van der Waals surface area contributed by atoms with Crippen LogP contribution in [-0.2, 0) is 16.1 Å². The molecule has 34 heavy (non-hydrogen) atoms. The lowest BCUT2D eigenvalue weighted by atomic mass is 10.1. The first-order valence-electron chi connectivity index (χ1n) is 11.3. The Morgan fingerprint density at radius 2 is 1.91 bits per heavy atom. The smallest absolute Gasteiger partial charge is 0.267 e. The van der Waals surface area contributed by atoms with E-state index in [1.54, 1.807) is 17.3 Å².